The van der Waals surface area contributed by atoms with Crippen LogP contribution in [0, 0.1) is 11.6 Å². The molecular formula is C15H22F2N2O. The van der Waals surface area contributed by atoms with Crippen molar-refractivity contribution in [2.24, 2.45) is 5.73 Å². The minimum Gasteiger partial charge on any atom is -0.378 e. The van der Waals surface area contributed by atoms with Crippen molar-refractivity contribution in [2.75, 3.05) is 26.2 Å². The van der Waals surface area contributed by atoms with E-state index < -0.39 is 11.6 Å². The van der Waals surface area contributed by atoms with Crippen LogP contribution in [0.4, 0.5) is 8.78 Å². The number of halogens is 2. The van der Waals surface area contributed by atoms with Crippen LogP contribution in [0.1, 0.15) is 31.4 Å². The summed E-state index contributed by atoms with van der Waals surface area (Å²) < 4.78 is 32.8. The Morgan fingerprint density at radius 2 is 2.05 bits per heavy atom. The lowest BCUT2D eigenvalue weighted by molar-refractivity contribution is 0.00415. The monoisotopic (exact) mass is 284 g/mol. The molecule has 0 radical (unpaired) electrons. The molecule has 0 aliphatic carbocycles. The van der Waals surface area contributed by atoms with Crippen molar-refractivity contribution in [1.82, 2.24) is 4.90 Å². The molecule has 1 aliphatic rings. The zero-order chi connectivity index (χ0) is 14.5. The first-order valence-electron chi connectivity index (χ1n) is 7.16. The molecule has 1 fully saturated rings. The van der Waals surface area contributed by atoms with Crippen LogP contribution in [0.3, 0.4) is 0 Å². The summed E-state index contributed by atoms with van der Waals surface area (Å²) in [5.41, 5.74) is 6.14. The fourth-order valence-electron chi connectivity index (χ4n) is 2.83. The van der Waals surface area contributed by atoms with Gasteiger partial charge < -0.3 is 10.5 Å². The van der Waals surface area contributed by atoms with Crippen molar-refractivity contribution < 1.29 is 13.5 Å². The second kappa shape index (κ2) is 7.11. The van der Waals surface area contributed by atoms with Gasteiger partial charge in [0.25, 0.3) is 0 Å². The number of rotatable bonds is 5. The molecule has 0 aromatic heterocycles. The first kappa shape index (κ1) is 15.4. The zero-order valence-corrected chi connectivity index (χ0v) is 11.8. The minimum atomic E-state index is -0.427. The van der Waals surface area contributed by atoms with Crippen LogP contribution in [0.2, 0.25) is 0 Å². The molecule has 20 heavy (non-hydrogen) atoms. The lowest BCUT2D eigenvalue weighted by Gasteiger charge is -2.37. The van der Waals surface area contributed by atoms with Gasteiger partial charge in [-0.2, -0.15) is 0 Å². The Hall–Kier alpha value is -1.04. The van der Waals surface area contributed by atoms with E-state index in [0.29, 0.717) is 12.2 Å². The van der Waals surface area contributed by atoms with Gasteiger partial charge in [0.2, 0.25) is 0 Å². The maximum Gasteiger partial charge on any atom is 0.128 e. The number of hydrogen-bond donors (Lipinski definition) is 1. The van der Waals surface area contributed by atoms with Gasteiger partial charge in [-0.3, -0.25) is 4.90 Å². The number of nitrogens with zero attached hydrogens (tertiary/aromatic N) is 1. The topological polar surface area (TPSA) is 38.5 Å². The second-order valence-electron chi connectivity index (χ2n) is 5.11. The van der Waals surface area contributed by atoms with Crippen LogP contribution in [-0.4, -0.2) is 37.2 Å². The molecule has 0 spiro atoms. The van der Waals surface area contributed by atoms with Gasteiger partial charge in [0.1, 0.15) is 11.6 Å². The van der Waals surface area contributed by atoms with E-state index in [-0.39, 0.29) is 18.7 Å². The molecule has 0 bridgehead atoms. The van der Waals surface area contributed by atoms with Crippen LogP contribution < -0.4 is 5.73 Å². The van der Waals surface area contributed by atoms with Gasteiger partial charge in [-0.05, 0) is 38.0 Å². The van der Waals surface area contributed by atoms with Crippen LogP contribution >= 0.6 is 0 Å². The summed E-state index contributed by atoms with van der Waals surface area (Å²) in [5.74, 6) is -0.821. The van der Waals surface area contributed by atoms with Gasteiger partial charge in [-0.1, -0.05) is 0 Å². The van der Waals surface area contributed by atoms with Gasteiger partial charge in [-0.15, -0.1) is 0 Å². The predicted octanol–water partition coefficient (Wildman–Crippen LogP) is 2.47. The molecule has 5 heteroatoms. The Labute approximate surface area is 118 Å². The normalized spacial score (nSPS) is 19.2. The summed E-state index contributed by atoms with van der Waals surface area (Å²) in [5, 5.41) is 0. The summed E-state index contributed by atoms with van der Waals surface area (Å²) in [6, 6.07) is 3.28. The molecule has 1 heterocycles. The largest absolute Gasteiger partial charge is 0.378 e. The maximum absolute atomic E-state index is 13.9. The molecule has 0 saturated carbocycles. The van der Waals surface area contributed by atoms with Gasteiger partial charge >= 0.3 is 0 Å². The highest BCUT2D eigenvalue weighted by molar-refractivity contribution is 5.23. The van der Waals surface area contributed by atoms with Crippen molar-refractivity contribution in [3.63, 3.8) is 0 Å². The third-order valence-electron chi connectivity index (χ3n) is 3.86. The van der Waals surface area contributed by atoms with Crippen molar-refractivity contribution in [3.05, 3.63) is 35.4 Å². The standard InChI is InChI=1S/C15H22F2N2O/c1-2-20-12-5-7-19(8-6-12)15(10-18)13-9-11(16)3-4-14(13)17/h3-4,9,12,15H,2,5-8,10,18H2,1H3. The number of ether oxygens (including phenoxy) is 1. The lowest BCUT2D eigenvalue weighted by atomic mass is 10.00. The van der Waals surface area contributed by atoms with E-state index in [2.05, 4.69) is 4.90 Å². The summed E-state index contributed by atoms with van der Waals surface area (Å²) in [6.45, 7) is 4.56. The number of piperidine rings is 1. The first-order valence-corrected chi connectivity index (χ1v) is 7.16. The quantitative estimate of drug-likeness (QED) is 0.902. The van der Waals surface area contributed by atoms with Crippen LogP contribution in [0.5, 0.6) is 0 Å². The molecule has 1 saturated heterocycles. The molecule has 1 unspecified atom stereocenters. The molecule has 0 amide bonds. The fraction of sp³-hybridized carbons (Fsp3) is 0.600. The summed E-state index contributed by atoms with van der Waals surface area (Å²) in [4.78, 5) is 2.12. The SMILES string of the molecule is CCOC1CCN(C(CN)c2cc(F)ccc2F)CC1. The van der Waals surface area contributed by atoms with E-state index in [4.69, 9.17) is 10.5 Å². The van der Waals surface area contributed by atoms with Gasteiger partial charge in [0.05, 0.1) is 12.1 Å². The van der Waals surface area contributed by atoms with Gasteiger partial charge in [-0.25, -0.2) is 8.78 Å². The Balaban J connectivity index is 2.07. The Bertz CT molecular complexity index is 434. The molecule has 1 aromatic rings. The second-order valence-corrected chi connectivity index (χ2v) is 5.11. The summed E-state index contributed by atoms with van der Waals surface area (Å²) in [6.07, 6.45) is 2.08. The number of likely N-dealkylation sites (tertiary alicyclic amines) is 1. The smallest absolute Gasteiger partial charge is 0.128 e. The van der Waals surface area contributed by atoms with Crippen molar-refractivity contribution in [1.29, 1.82) is 0 Å². The highest BCUT2D eigenvalue weighted by Gasteiger charge is 2.27. The first-order chi connectivity index (χ1) is 9.65. The molecule has 3 nitrogen and oxygen atoms in total. The van der Waals surface area contributed by atoms with E-state index in [1.165, 1.54) is 12.1 Å². The molecule has 112 valence electrons. The third-order valence-corrected chi connectivity index (χ3v) is 3.86. The van der Waals surface area contributed by atoms with E-state index in [1.807, 2.05) is 6.92 Å². The molecule has 2 rings (SSSR count). The average Bonchev–Trinajstić information content (AvgIpc) is 2.45. The number of hydrogen-bond acceptors (Lipinski definition) is 3. The third kappa shape index (κ3) is 3.53. The minimum absolute atomic E-state index is 0.270. The fourth-order valence-corrected chi connectivity index (χ4v) is 2.83. The average molecular weight is 284 g/mol. The van der Waals surface area contributed by atoms with Crippen molar-refractivity contribution in [3.8, 4) is 0 Å². The maximum atomic E-state index is 13.9. The number of benzene rings is 1. The van der Waals surface area contributed by atoms with E-state index in [1.54, 1.807) is 0 Å². The summed E-state index contributed by atoms with van der Waals surface area (Å²) >= 11 is 0. The van der Waals surface area contributed by atoms with Gasteiger partial charge in [0, 0.05) is 31.8 Å². The van der Waals surface area contributed by atoms with Crippen LogP contribution in [-0.2, 0) is 4.74 Å². The van der Waals surface area contributed by atoms with Crippen molar-refractivity contribution in [2.45, 2.75) is 31.9 Å². The molecule has 1 aromatic carbocycles. The van der Waals surface area contributed by atoms with Gasteiger partial charge in [0.15, 0.2) is 0 Å². The highest BCUT2D eigenvalue weighted by Crippen LogP contribution is 2.27. The Morgan fingerprint density at radius 1 is 1.35 bits per heavy atom. The molecule has 2 N–H and O–H groups in total. The zero-order valence-electron chi connectivity index (χ0n) is 11.8. The van der Waals surface area contributed by atoms with Crippen LogP contribution in [0.25, 0.3) is 0 Å². The Kier molecular flexibility index (Phi) is 5.46. The molecular weight excluding hydrogens is 262 g/mol. The van der Waals surface area contributed by atoms with Crippen molar-refractivity contribution >= 4 is 0 Å². The van der Waals surface area contributed by atoms with E-state index in [9.17, 15) is 8.78 Å². The van der Waals surface area contributed by atoms with E-state index in [0.717, 1.165) is 32.0 Å². The Morgan fingerprint density at radius 3 is 2.65 bits per heavy atom. The van der Waals surface area contributed by atoms with E-state index >= 15 is 0 Å². The lowest BCUT2D eigenvalue weighted by Crippen LogP contribution is -2.42. The molecule has 1 atom stereocenters. The number of nitrogens with two attached hydrogens (primary N) is 1. The summed E-state index contributed by atoms with van der Waals surface area (Å²) in [7, 11) is 0. The predicted molar refractivity (Wildman–Crippen MR) is 74.4 cm³/mol. The highest BCUT2D eigenvalue weighted by atomic mass is 19.1. The van der Waals surface area contributed by atoms with Crippen LogP contribution in [0.15, 0.2) is 18.2 Å². The molecule has 1 aliphatic heterocycles.